The average Bonchev–Trinajstić information content (AvgIpc) is 1.86. The predicted molar refractivity (Wildman–Crippen MR) is 26.7 cm³/mol. The van der Waals surface area contributed by atoms with Gasteiger partial charge in [0.25, 0.3) is 0 Å². The van der Waals surface area contributed by atoms with Gasteiger partial charge < -0.3 is 22.4 Å². The molecule has 3 nitrogen and oxygen atoms in total. The van der Waals surface area contributed by atoms with Crippen molar-refractivity contribution in [3.63, 3.8) is 0 Å². The van der Waals surface area contributed by atoms with Gasteiger partial charge in [-0.25, -0.2) is 0 Å². The van der Waals surface area contributed by atoms with Crippen LogP contribution in [0.2, 0.25) is 0 Å². The van der Waals surface area contributed by atoms with Gasteiger partial charge >= 0.3 is 0 Å². The summed E-state index contributed by atoms with van der Waals surface area (Å²) >= 11 is 0. The molecule has 8 heavy (non-hydrogen) atoms. The molecule has 0 saturated carbocycles. The Balaban J connectivity index is 0. The molecule has 0 unspecified atom stereocenters. The number of aromatic nitrogens is 2. The maximum atomic E-state index is 9.95. The molecule has 0 atom stereocenters. The normalized spacial score (nSPS) is 6.50. The molecule has 0 saturated heterocycles. The smallest absolute Gasteiger partial charge is 0.103 e. The Kier molecular flexibility index (Phi) is 7.22. The van der Waals surface area contributed by atoms with E-state index in [-0.39, 0.29) is 45.7 Å². The Morgan fingerprint density at radius 3 is 2.38 bits per heavy atom. The van der Waals surface area contributed by atoms with Crippen molar-refractivity contribution >= 4 is 0 Å². The van der Waals surface area contributed by atoms with Crippen LogP contribution in [0.25, 0.3) is 0 Å². The summed E-state index contributed by atoms with van der Waals surface area (Å²) in [6.45, 7) is 0. The van der Waals surface area contributed by atoms with Gasteiger partial charge in [-0.05, 0) is 0 Å². The minimum atomic E-state index is -0.144. The Hall–Kier alpha value is 0.114. The SMILES string of the molecule is O=c1c[c-][nH][nH]1.[CH3-].[Y]. The molecule has 1 aromatic heterocycles. The first kappa shape index (κ1) is 11.0. The van der Waals surface area contributed by atoms with Crippen LogP contribution in [-0.2, 0) is 32.7 Å². The summed E-state index contributed by atoms with van der Waals surface area (Å²) in [5, 5.41) is 4.63. The molecule has 0 bridgehead atoms. The van der Waals surface area contributed by atoms with E-state index in [1.54, 1.807) is 0 Å². The van der Waals surface area contributed by atoms with Crippen LogP contribution in [0.15, 0.2) is 10.9 Å². The maximum absolute atomic E-state index is 9.95. The van der Waals surface area contributed by atoms with Crippen LogP contribution in [0.3, 0.4) is 0 Å². The molecule has 0 aliphatic carbocycles. The van der Waals surface area contributed by atoms with E-state index in [4.69, 9.17) is 0 Å². The Bertz CT molecular complexity index is 152. The van der Waals surface area contributed by atoms with Gasteiger partial charge in [-0.1, -0.05) is 0 Å². The first-order valence-corrected chi connectivity index (χ1v) is 1.53. The molecule has 0 fully saturated rings. The maximum Gasteiger partial charge on any atom is 0.103 e. The van der Waals surface area contributed by atoms with Crippen LogP contribution < -0.4 is 5.56 Å². The van der Waals surface area contributed by atoms with Gasteiger partial charge in [-0.2, -0.15) is 6.07 Å². The summed E-state index contributed by atoms with van der Waals surface area (Å²) in [4.78, 5) is 9.95. The van der Waals surface area contributed by atoms with Gasteiger partial charge in [0.15, 0.2) is 0 Å². The standard InChI is InChI=1S/C3H3N2O.CH3.Y/c6-3-1-2-4-5-3;;/h1H,(H2,4,5,6);1H3;/q2*-1;. The van der Waals surface area contributed by atoms with Gasteiger partial charge in [0.1, 0.15) is 5.56 Å². The van der Waals surface area contributed by atoms with Crippen molar-refractivity contribution in [1.82, 2.24) is 10.2 Å². The van der Waals surface area contributed by atoms with Gasteiger partial charge in [0, 0.05) is 32.7 Å². The van der Waals surface area contributed by atoms with Crippen LogP contribution in [0.4, 0.5) is 0 Å². The Morgan fingerprint density at radius 1 is 1.62 bits per heavy atom. The molecule has 1 aromatic rings. The number of rotatable bonds is 0. The largest absolute Gasteiger partial charge is 0.408 e. The van der Waals surface area contributed by atoms with E-state index in [0.717, 1.165) is 0 Å². The summed E-state index contributed by atoms with van der Waals surface area (Å²) in [5.41, 5.74) is -0.144. The molecular weight excluding hydrogens is 181 g/mol. The second kappa shape index (κ2) is 5.25. The van der Waals surface area contributed by atoms with Crippen molar-refractivity contribution in [3.05, 3.63) is 30.0 Å². The zero-order valence-electron chi connectivity index (χ0n) is 4.56. The minimum Gasteiger partial charge on any atom is -0.408 e. The van der Waals surface area contributed by atoms with Crippen LogP contribution in [-0.4, -0.2) is 10.2 Å². The molecule has 1 radical (unpaired) electrons. The topological polar surface area (TPSA) is 48.6 Å². The van der Waals surface area contributed by atoms with Crippen molar-refractivity contribution in [2.75, 3.05) is 0 Å². The molecule has 0 spiro atoms. The Labute approximate surface area is 72.7 Å². The first-order chi connectivity index (χ1) is 2.89. The third kappa shape index (κ3) is 3.16. The number of aromatic amines is 2. The molecule has 0 aliphatic heterocycles. The van der Waals surface area contributed by atoms with E-state index in [2.05, 4.69) is 16.4 Å². The van der Waals surface area contributed by atoms with E-state index in [1.165, 1.54) is 6.07 Å². The second-order valence-corrected chi connectivity index (χ2v) is 0.903. The predicted octanol–water partition coefficient (Wildman–Crippen LogP) is -0.0490. The quantitative estimate of drug-likeness (QED) is 0.549. The zero-order valence-corrected chi connectivity index (χ0v) is 7.40. The number of nitrogens with one attached hydrogen (secondary N) is 2. The van der Waals surface area contributed by atoms with Crippen LogP contribution >= 0.6 is 0 Å². The number of hydrogen-bond acceptors (Lipinski definition) is 1. The molecule has 4 heteroatoms. The summed E-state index contributed by atoms with van der Waals surface area (Å²) in [6.07, 6.45) is 2.44. The summed E-state index contributed by atoms with van der Waals surface area (Å²) in [6, 6.07) is 1.29. The fourth-order valence-corrected chi connectivity index (χ4v) is 0.235. The average molecular weight is 187 g/mol. The zero-order chi connectivity index (χ0) is 4.41. The van der Waals surface area contributed by atoms with Crippen LogP contribution in [0.5, 0.6) is 0 Å². The fraction of sp³-hybridized carbons (Fsp3) is 0. The molecule has 2 N–H and O–H groups in total. The van der Waals surface area contributed by atoms with Gasteiger partial charge in [-0.15, -0.1) is 6.20 Å². The third-order valence-corrected chi connectivity index (χ3v) is 0.461. The van der Waals surface area contributed by atoms with Crippen molar-refractivity contribution in [2.45, 2.75) is 0 Å². The monoisotopic (exact) mass is 187 g/mol. The second-order valence-electron chi connectivity index (χ2n) is 0.903. The van der Waals surface area contributed by atoms with E-state index in [1.807, 2.05) is 0 Å². The molecule has 43 valence electrons. The molecule has 1 rings (SSSR count). The third-order valence-electron chi connectivity index (χ3n) is 0.461. The van der Waals surface area contributed by atoms with E-state index in [9.17, 15) is 4.79 Å². The number of H-pyrrole nitrogens is 2. The Morgan fingerprint density at radius 2 is 2.25 bits per heavy atom. The van der Waals surface area contributed by atoms with Crippen molar-refractivity contribution in [1.29, 1.82) is 0 Å². The fourth-order valence-electron chi connectivity index (χ4n) is 0.235. The summed E-state index contributed by atoms with van der Waals surface area (Å²) < 4.78 is 0. The van der Waals surface area contributed by atoms with Gasteiger partial charge in [-0.3, -0.25) is 0 Å². The van der Waals surface area contributed by atoms with Gasteiger partial charge in [0.2, 0.25) is 0 Å². The van der Waals surface area contributed by atoms with Gasteiger partial charge in [0.05, 0.1) is 0 Å². The van der Waals surface area contributed by atoms with Crippen LogP contribution in [0.1, 0.15) is 0 Å². The molecule has 0 amide bonds. The molecule has 0 aliphatic rings. The van der Waals surface area contributed by atoms with E-state index >= 15 is 0 Å². The van der Waals surface area contributed by atoms with Crippen molar-refractivity contribution in [3.8, 4) is 0 Å². The minimum absolute atomic E-state index is 0. The summed E-state index contributed by atoms with van der Waals surface area (Å²) in [7, 11) is 0. The van der Waals surface area contributed by atoms with Crippen molar-refractivity contribution in [2.24, 2.45) is 0 Å². The summed E-state index contributed by atoms with van der Waals surface area (Å²) in [5.74, 6) is 0. The van der Waals surface area contributed by atoms with E-state index < -0.39 is 0 Å². The molecular formula is C4H6N2OY-2. The van der Waals surface area contributed by atoms with Crippen molar-refractivity contribution < 1.29 is 32.7 Å². The van der Waals surface area contributed by atoms with E-state index in [0.29, 0.717) is 0 Å². The molecule has 1 heterocycles. The van der Waals surface area contributed by atoms with Crippen LogP contribution in [0, 0.1) is 13.6 Å². The number of hydrogen-bond donors (Lipinski definition) is 2. The molecule has 0 aromatic carbocycles. The first-order valence-electron chi connectivity index (χ1n) is 1.53.